The third-order valence-corrected chi connectivity index (χ3v) is 3.72. The van der Waals surface area contributed by atoms with Gasteiger partial charge in [0.1, 0.15) is 11.9 Å². The molecule has 2 rings (SSSR count). The summed E-state index contributed by atoms with van der Waals surface area (Å²) in [6.07, 6.45) is 2.76. The van der Waals surface area contributed by atoms with E-state index in [0.29, 0.717) is 17.5 Å². The summed E-state index contributed by atoms with van der Waals surface area (Å²) in [4.78, 5) is 6.77. The van der Waals surface area contributed by atoms with Gasteiger partial charge in [-0.05, 0) is 24.5 Å². The van der Waals surface area contributed by atoms with Crippen molar-refractivity contribution < 1.29 is 4.74 Å². The SMILES string of the molecule is CC(C)CC(CNc1ccc(C#N)cn1)N1CCOCC1. The summed E-state index contributed by atoms with van der Waals surface area (Å²) in [7, 11) is 0. The second-order valence-electron chi connectivity index (χ2n) is 5.86. The van der Waals surface area contributed by atoms with Crippen LogP contribution in [-0.4, -0.2) is 48.8 Å². The van der Waals surface area contributed by atoms with Crippen molar-refractivity contribution in [3.8, 4) is 6.07 Å². The van der Waals surface area contributed by atoms with Gasteiger partial charge in [0.05, 0.1) is 18.8 Å². The zero-order valence-corrected chi connectivity index (χ0v) is 12.9. The van der Waals surface area contributed by atoms with Gasteiger partial charge in [-0.25, -0.2) is 4.98 Å². The summed E-state index contributed by atoms with van der Waals surface area (Å²) in [6, 6.07) is 6.23. The standard InChI is InChI=1S/C16H24N4O/c1-13(2)9-15(20-5-7-21-8-6-20)12-19-16-4-3-14(10-17)11-18-16/h3-4,11,13,15H,5-9,12H2,1-2H3,(H,18,19). The maximum Gasteiger partial charge on any atom is 0.126 e. The fourth-order valence-electron chi connectivity index (χ4n) is 2.64. The zero-order chi connectivity index (χ0) is 15.1. The molecule has 5 heteroatoms. The molecule has 5 nitrogen and oxygen atoms in total. The lowest BCUT2D eigenvalue weighted by Gasteiger charge is -2.35. The molecule has 0 aliphatic carbocycles. The molecule has 0 aromatic carbocycles. The number of hydrogen-bond donors (Lipinski definition) is 1. The average Bonchev–Trinajstić information content (AvgIpc) is 2.52. The van der Waals surface area contributed by atoms with Crippen LogP contribution in [0.25, 0.3) is 0 Å². The van der Waals surface area contributed by atoms with Crippen molar-refractivity contribution in [1.29, 1.82) is 5.26 Å². The zero-order valence-electron chi connectivity index (χ0n) is 12.9. The first-order valence-electron chi connectivity index (χ1n) is 7.61. The highest BCUT2D eigenvalue weighted by atomic mass is 16.5. The molecule has 1 N–H and O–H groups in total. The number of rotatable bonds is 6. The second-order valence-corrected chi connectivity index (χ2v) is 5.86. The molecule has 0 amide bonds. The molecule has 1 aliphatic heterocycles. The largest absolute Gasteiger partial charge is 0.379 e. The monoisotopic (exact) mass is 288 g/mol. The number of hydrogen-bond acceptors (Lipinski definition) is 5. The van der Waals surface area contributed by atoms with Gasteiger partial charge in [-0.1, -0.05) is 13.8 Å². The Labute approximate surface area is 126 Å². The third-order valence-electron chi connectivity index (χ3n) is 3.72. The highest BCUT2D eigenvalue weighted by molar-refractivity contribution is 5.39. The van der Waals surface area contributed by atoms with Crippen LogP contribution < -0.4 is 5.32 Å². The highest BCUT2D eigenvalue weighted by Gasteiger charge is 2.21. The van der Waals surface area contributed by atoms with Gasteiger partial charge in [0, 0.05) is 31.9 Å². The fraction of sp³-hybridized carbons (Fsp3) is 0.625. The summed E-state index contributed by atoms with van der Waals surface area (Å²) in [6.45, 7) is 9.03. The number of aromatic nitrogens is 1. The summed E-state index contributed by atoms with van der Waals surface area (Å²) >= 11 is 0. The molecule has 114 valence electrons. The van der Waals surface area contributed by atoms with Gasteiger partial charge in [0.25, 0.3) is 0 Å². The molecule has 1 unspecified atom stereocenters. The van der Waals surface area contributed by atoms with Gasteiger partial charge in [0.2, 0.25) is 0 Å². The number of morpholine rings is 1. The van der Waals surface area contributed by atoms with Crippen LogP contribution in [-0.2, 0) is 4.74 Å². The van der Waals surface area contributed by atoms with E-state index in [0.717, 1.165) is 45.1 Å². The molecule has 0 bridgehead atoms. The highest BCUT2D eigenvalue weighted by Crippen LogP contribution is 2.14. The summed E-state index contributed by atoms with van der Waals surface area (Å²) in [5.41, 5.74) is 0.590. The molecule has 1 atom stereocenters. The normalized spacial score (nSPS) is 17.4. The number of ether oxygens (including phenoxy) is 1. The molecule has 0 spiro atoms. The van der Waals surface area contributed by atoms with E-state index in [2.05, 4.69) is 35.1 Å². The minimum Gasteiger partial charge on any atom is -0.379 e. The Balaban J connectivity index is 1.92. The Morgan fingerprint density at radius 1 is 1.38 bits per heavy atom. The molecule has 1 aromatic rings. The number of anilines is 1. The summed E-state index contributed by atoms with van der Waals surface area (Å²) < 4.78 is 5.44. The van der Waals surface area contributed by atoms with Crippen LogP contribution in [0.5, 0.6) is 0 Å². The van der Waals surface area contributed by atoms with Crippen LogP contribution in [0.15, 0.2) is 18.3 Å². The molecule has 1 aliphatic rings. The molecule has 1 saturated heterocycles. The Bertz CT molecular complexity index is 460. The Kier molecular flexibility index (Phi) is 5.97. The number of nitrogens with one attached hydrogen (secondary N) is 1. The smallest absolute Gasteiger partial charge is 0.126 e. The van der Waals surface area contributed by atoms with E-state index in [1.807, 2.05) is 6.07 Å². The molecular formula is C16H24N4O. The number of nitriles is 1. The second kappa shape index (κ2) is 7.96. The quantitative estimate of drug-likeness (QED) is 0.868. The minimum atomic E-state index is 0.492. The van der Waals surface area contributed by atoms with Crippen molar-refractivity contribution in [1.82, 2.24) is 9.88 Å². The lowest BCUT2D eigenvalue weighted by Crippen LogP contribution is -2.47. The predicted octanol–water partition coefficient (Wildman–Crippen LogP) is 2.11. The van der Waals surface area contributed by atoms with Crippen LogP contribution in [0, 0.1) is 17.2 Å². The first-order chi connectivity index (χ1) is 10.2. The van der Waals surface area contributed by atoms with E-state index >= 15 is 0 Å². The lowest BCUT2D eigenvalue weighted by atomic mass is 10.0. The van der Waals surface area contributed by atoms with Gasteiger partial charge in [-0.3, -0.25) is 4.90 Å². The molecule has 1 fully saturated rings. The van der Waals surface area contributed by atoms with E-state index in [4.69, 9.17) is 10.00 Å². The van der Waals surface area contributed by atoms with Gasteiger partial charge in [-0.15, -0.1) is 0 Å². The van der Waals surface area contributed by atoms with Crippen molar-refractivity contribution >= 4 is 5.82 Å². The Morgan fingerprint density at radius 3 is 2.71 bits per heavy atom. The lowest BCUT2D eigenvalue weighted by molar-refractivity contribution is 0.0150. The maximum absolute atomic E-state index is 8.79. The van der Waals surface area contributed by atoms with Gasteiger partial charge in [-0.2, -0.15) is 5.26 Å². The van der Waals surface area contributed by atoms with Gasteiger partial charge >= 0.3 is 0 Å². The summed E-state index contributed by atoms with van der Waals surface area (Å²) in [5, 5.41) is 12.2. The molecular weight excluding hydrogens is 264 g/mol. The van der Waals surface area contributed by atoms with E-state index < -0.39 is 0 Å². The topological polar surface area (TPSA) is 61.2 Å². The molecule has 2 heterocycles. The van der Waals surface area contributed by atoms with Gasteiger partial charge in [0.15, 0.2) is 0 Å². The molecule has 21 heavy (non-hydrogen) atoms. The Hall–Kier alpha value is -1.64. The van der Waals surface area contributed by atoms with Crippen LogP contribution in [0.1, 0.15) is 25.8 Å². The fourth-order valence-corrected chi connectivity index (χ4v) is 2.64. The maximum atomic E-state index is 8.79. The Morgan fingerprint density at radius 2 is 2.14 bits per heavy atom. The first-order valence-corrected chi connectivity index (χ1v) is 7.61. The minimum absolute atomic E-state index is 0.492. The van der Waals surface area contributed by atoms with E-state index in [1.165, 1.54) is 0 Å². The van der Waals surface area contributed by atoms with Crippen LogP contribution in [0.2, 0.25) is 0 Å². The number of pyridine rings is 1. The number of nitrogens with zero attached hydrogens (tertiary/aromatic N) is 3. The van der Waals surface area contributed by atoms with E-state index in [9.17, 15) is 0 Å². The molecule has 0 radical (unpaired) electrons. The van der Waals surface area contributed by atoms with Crippen molar-refractivity contribution in [2.24, 2.45) is 5.92 Å². The molecule has 1 aromatic heterocycles. The van der Waals surface area contributed by atoms with Gasteiger partial charge < -0.3 is 10.1 Å². The van der Waals surface area contributed by atoms with E-state index in [-0.39, 0.29) is 0 Å². The van der Waals surface area contributed by atoms with E-state index in [1.54, 1.807) is 12.3 Å². The average molecular weight is 288 g/mol. The third kappa shape index (κ3) is 5.00. The van der Waals surface area contributed by atoms with Crippen molar-refractivity contribution in [3.63, 3.8) is 0 Å². The van der Waals surface area contributed by atoms with Crippen LogP contribution in [0.4, 0.5) is 5.82 Å². The van der Waals surface area contributed by atoms with Crippen LogP contribution in [0.3, 0.4) is 0 Å². The van der Waals surface area contributed by atoms with Crippen molar-refractivity contribution in [2.75, 3.05) is 38.2 Å². The predicted molar refractivity (Wildman–Crippen MR) is 83.1 cm³/mol. The van der Waals surface area contributed by atoms with Crippen LogP contribution >= 0.6 is 0 Å². The van der Waals surface area contributed by atoms with Crippen molar-refractivity contribution in [2.45, 2.75) is 26.3 Å². The molecule has 0 saturated carbocycles. The van der Waals surface area contributed by atoms with Crippen molar-refractivity contribution in [3.05, 3.63) is 23.9 Å². The summed E-state index contributed by atoms with van der Waals surface area (Å²) in [5.74, 6) is 1.49. The first kappa shape index (κ1) is 15.7.